The lowest BCUT2D eigenvalue weighted by molar-refractivity contribution is 0.0999. The summed E-state index contributed by atoms with van der Waals surface area (Å²) in [6.45, 7) is 5.85. The standard InChI is InChI=1S/C17H23N5O/c1-20-6-5-19-16(20)13-22-9-7-21(8-10-22)12-14-3-2-4-15(11-14)17(18)23/h2-6,11H,7-10,12-13H2,1H3,(H2,18,23). The number of benzene rings is 1. The van der Waals surface area contributed by atoms with E-state index in [1.807, 2.05) is 37.6 Å². The average Bonchev–Trinajstić information content (AvgIpc) is 2.95. The molecular weight excluding hydrogens is 290 g/mol. The van der Waals surface area contributed by atoms with E-state index in [0.29, 0.717) is 5.56 Å². The van der Waals surface area contributed by atoms with Crippen LogP contribution >= 0.6 is 0 Å². The van der Waals surface area contributed by atoms with E-state index in [9.17, 15) is 4.79 Å². The van der Waals surface area contributed by atoms with Crippen LogP contribution in [0.5, 0.6) is 0 Å². The Bertz CT molecular complexity index is 673. The first-order valence-corrected chi connectivity index (χ1v) is 7.91. The SMILES string of the molecule is Cn1ccnc1CN1CCN(Cc2cccc(C(N)=O)c2)CC1. The van der Waals surface area contributed by atoms with E-state index < -0.39 is 0 Å². The van der Waals surface area contributed by atoms with Gasteiger partial charge in [0.25, 0.3) is 0 Å². The summed E-state index contributed by atoms with van der Waals surface area (Å²) in [6.07, 6.45) is 3.83. The van der Waals surface area contributed by atoms with E-state index in [0.717, 1.165) is 50.7 Å². The first kappa shape index (κ1) is 15.7. The molecule has 2 N–H and O–H groups in total. The highest BCUT2D eigenvalue weighted by Gasteiger charge is 2.18. The van der Waals surface area contributed by atoms with Gasteiger partial charge in [0.1, 0.15) is 5.82 Å². The van der Waals surface area contributed by atoms with Crippen molar-refractivity contribution in [1.29, 1.82) is 0 Å². The van der Waals surface area contributed by atoms with Gasteiger partial charge in [0.2, 0.25) is 5.91 Å². The van der Waals surface area contributed by atoms with Gasteiger partial charge in [0, 0.05) is 57.7 Å². The monoisotopic (exact) mass is 313 g/mol. The molecule has 0 bridgehead atoms. The normalized spacial score (nSPS) is 16.6. The number of hydrogen-bond donors (Lipinski definition) is 1. The van der Waals surface area contributed by atoms with E-state index in [2.05, 4.69) is 19.4 Å². The number of carbonyl (C=O) groups is 1. The van der Waals surface area contributed by atoms with Gasteiger partial charge in [0.05, 0.1) is 6.54 Å². The second-order valence-electron chi connectivity index (χ2n) is 6.07. The van der Waals surface area contributed by atoms with Crippen molar-refractivity contribution < 1.29 is 4.79 Å². The number of primary amides is 1. The van der Waals surface area contributed by atoms with Crippen LogP contribution in [0, 0.1) is 0 Å². The Morgan fingerprint density at radius 1 is 1.17 bits per heavy atom. The lowest BCUT2D eigenvalue weighted by atomic mass is 10.1. The summed E-state index contributed by atoms with van der Waals surface area (Å²) in [4.78, 5) is 20.5. The third-order valence-electron chi connectivity index (χ3n) is 4.37. The molecule has 0 spiro atoms. The number of carbonyl (C=O) groups excluding carboxylic acids is 1. The molecule has 1 aromatic carbocycles. The summed E-state index contributed by atoms with van der Waals surface area (Å²) in [5.74, 6) is 0.736. The van der Waals surface area contributed by atoms with Crippen molar-refractivity contribution in [1.82, 2.24) is 19.4 Å². The lowest BCUT2D eigenvalue weighted by Crippen LogP contribution is -2.45. The molecule has 6 heteroatoms. The first-order valence-electron chi connectivity index (χ1n) is 7.91. The molecule has 1 aliphatic heterocycles. The minimum Gasteiger partial charge on any atom is -0.366 e. The number of aromatic nitrogens is 2. The van der Waals surface area contributed by atoms with Crippen LogP contribution in [0.1, 0.15) is 21.7 Å². The van der Waals surface area contributed by atoms with Crippen LogP contribution in [0.3, 0.4) is 0 Å². The average molecular weight is 313 g/mol. The van der Waals surface area contributed by atoms with Gasteiger partial charge in [-0.15, -0.1) is 0 Å². The molecule has 1 aromatic heterocycles. The number of piperazine rings is 1. The molecule has 0 unspecified atom stereocenters. The predicted octanol–water partition coefficient (Wildman–Crippen LogP) is 0.837. The zero-order valence-corrected chi connectivity index (χ0v) is 13.5. The minimum absolute atomic E-state index is 0.369. The molecule has 1 amide bonds. The van der Waals surface area contributed by atoms with Crippen LogP contribution in [0.15, 0.2) is 36.7 Å². The fourth-order valence-electron chi connectivity index (χ4n) is 2.94. The number of aryl methyl sites for hydroxylation is 1. The second-order valence-corrected chi connectivity index (χ2v) is 6.07. The fourth-order valence-corrected chi connectivity index (χ4v) is 2.94. The molecule has 0 atom stereocenters. The Kier molecular flexibility index (Phi) is 4.73. The maximum Gasteiger partial charge on any atom is 0.248 e. The summed E-state index contributed by atoms with van der Waals surface area (Å²) in [5, 5.41) is 0. The first-order chi connectivity index (χ1) is 11.1. The van der Waals surface area contributed by atoms with E-state index in [4.69, 9.17) is 5.73 Å². The molecule has 1 fully saturated rings. The number of hydrogen-bond acceptors (Lipinski definition) is 4. The number of nitrogens with two attached hydrogens (primary N) is 1. The Hall–Kier alpha value is -2.18. The topological polar surface area (TPSA) is 67.4 Å². The highest BCUT2D eigenvalue weighted by atomic mass is 16.1. The number of amides is 1. The van der Waals surface area contributed by atoms with Crippen molar-refractivity contribution in [3.63, 3.8) is 0 Å². The molecule has 1 aliphatic rings. The Balaban J connectivity index is 1.52. The van der Waals surface area contributed by atoms with Crippen molar-refractivity contribution >= 4 is 5.91 Å². The van der Waals surface area contributed by atoms with Crippen molar-refractivity contribution in [2.75, 3.05) is 26.2 Å². The van der Waals surface area contributed by atoms with Gasteiger partial charge in [-0.05, 0) is 17.7 Å². The van der Waals surface area contributed by atoms with Crippen molar-refractivity contribution in [3.8, 4) is 0 Å². The zero-order chi connectivity index (χ0) is 16.2. The van der Waals surface area contributed by atoms with E-state index in [-0.39, 0.29) is 5.91 Å². The number of imidazole rings is 1. The van der Waals surface area contributed by atoms with Gasteiger partial charge < -0.3 is 10.3 Å². The minimum atomic E-state index is -0.369. The molecule has 3 rings (SSSR count). The van der Waals surface area contributed by atoms with Gasteiger partial charge in [-0.2, -0.15) is 0 Å². The fraction of sp³-hybridized carbons (Fsp3) is 0.412. The van der Waals surface area contributed by atoms with Crippen LogP contribution in [0.4, 0.5) is 0 Å². The molecule has 122 valence electrons. The number of nitrogens with zero attached hydrogens (tertiary/aromatic N) is 4. The summed E-state index contributed by atoms with van der Waals surface area (Å²) >= 11 is 0. The van der Waals surface area contributed by atoms with Crippen LogP contribution in [0.25, 0.3) is 0 Å². The Morgan fingerprint density at radius 3 is 2.48 bits per heavy atom. The van der Waals surface area contributed by atoms with Gasteiger partial charge in [-0.25, -0.2) is 4.98 Å². The molecule has 2 aromatic rings. The number of rotatable bonds is 5. The molecule has 0 aliphatic carbocycles. The van der Waals surface area contributed by atoms with E-state index >= 15 is 0 Å². The second kappa shape index (κ2) is 6.93. The smallest absolute Gasteiger partial charge is 0.248 e. The summed E-state index contributed by atoms with van der Waals surface area (Å²) < 4.78 is 2.07. The molecule has 2 heterocycles. The van der Waals surface area contributed by atoms with Crippen LogP contribution in [-0.4, -0.2) is 51.4 Å². The molecule has 1 saturated heterocycles. The van der Waals surface area contributed by atoms with Crippen LogP contribution < -0.4 is 5.73 Å². The zero-order valence-electron chi connectivity index (χ0n) is 13.5. The summed E-state index contributed by atoms with van der Waals surface area (Å²) in [6, 6.07) is 7.60. The van der Waals surface area contributed by atoms with Crippen LogP contribution in [0.2, 0.25) is 0 Å². The van der Waals surface area contributed by atoms with Crippen molar-refractivity contribution in [3.05, 3.63) is 53.6 Å². The van der Waals surface area contributed by atoms with Gasteiger partial charge in [0.15, 0.2) is 0 Å². The van der Waals surface area contributed by atoms with Crippen molar-refractivity contribution in [2.45, 2.75) is 13.1 Å². The molecule has 6 nitrogen and oxygen atoms in total. The highest BCUT2D eigenvalue weighted by Crippen LogP contribution is 2.12. The molecule has 0 radical (unpaired) electrons. The van der Waals surface area contributed by atoms with E-state index in [1.54, 1.807) is 6.07 Å². The van der Waals surface area contributed by atoms with Crippen LogP contribution in [-0.2, 0) is 20.1 Å². The molecule has 0 saturated carbocycles. The van der Waals surface area contributed by atoms with Gasteiger partial charge in [-0.3, -0.25) is 14.6 Å². The lowest BCUT2D eigenvalue weighted by Gasteiger charge is -2.34. The molecular formula is C17H23N5O. The Morgan fingerprint density at radius 2 is 1.87 bits per heavy atom. The van der Waals surface area contributed by atoms with Gasteiger partial charge in [-0.1, -0.05) is 12.1 Å². The predicted molar refractivity (Wildman–Crippen MR) is 88.7 cm³/mol. The van der Waals surface area contributed by atoms with Gasteiger partial charge >= 0.3 is 0 Å². The largest absolute Gasteiger partial charge is 0.366 e. The summed E-state index contributed by atoms with van der Waals surface area (Å²) in [7, 11) is 2.03. The summed E-state index contributed by atoms with van der Waals surface area (Å²) in [5.41, 5.74) is 7.06. The quantitative estimate of drug-likeness (QED) is 0.888. The molecule has 23 heavy (non-hydrogen) atoms. The third-order valence-corrected chi connectivity index (χ3v) is 4.37. The Labute approximate surface area is 136 Å². The van der Waals surface area contributed by atoms with E-state index in [1.165, 1.54) is 0 Å². The maximum atomic E-state index is 11.3. The highest BCUT2D eigenvalue weighted by molar-refractivity contribution is 5.92. The third kappa shape index (κ3) is 3.97. The van der Waals surface area contributed by atoms with Crippen molar-refractivity contribution in [2.24, 2.45) is 12.8 Å². The maximum absolute atomic E-state index is 11.3.